The van der Waals surface area contributed by atoms with Crippen LogP contribution in [0.1, 0.15) is 20.3 Å². The molecule has 5 nitrogen and oxygen atoms in total. The van der Waals surface area contributed by atoms with E-state index in [4.69, 9.17) is 4.74 Å². The third-order valence-corrected chi connectivity index (χ3v) is 3.64. The molecule has 2 amide bonds. The van der Waals surface area contributed by atoms with Crippen LogP contribution in [0.4, 0.5) is 16.2 Å². The number of ether oxygens (including phenoxy) is 1. The predicted molar refractivity (Wildman–Crippen MR) is 81.4 cm³/mol. The van der Waals surface area contributed by atoms with Crippen LogP contribution in [0, 0.1) is 0 Å². The molecule has 2 rings (SSSR count). The maximum Gasteiger partial charge on any atom is 0.321 e. The SMILES string of the molecule is COC(C)(C)CCNc1ccc(N2CCNC2=O)cc1. The summed E-state index contributed by atoms with van der Waals surface area (Å²) in [5.41, 5.74) is 1.88. The van der Waals surface area contributed by atoms with E-state index in [1.165, 1.54) is 0 Å². The molecule has 1 aliphatic heterocycles. The highest BCUT2D eigenvalue weighted by Gasteiger charge is 2.20. The average molecular weight is 277 g/mol. The van der Waals surface area contributed by atoms with Gasteiger partial charge in [0.1, 0.15) is 0 Å². The second-order valence-electron chi connectivity index (χ2n) is 5.57. The van der Waals surface area contributed by atoms with Crippen molar-refractivity contribution in [2.75, 3.05) is 37.0 Å². The fraction of sp³-hybridized carbons (Fsp3) is 0.533. The standard InChI is InChI=1S/C15H23N3O2/c1-15(2,20-3)8-9-16-12-4-6-13(7-5-12)18-11-10-17-14(18)19/h4-7,16H,8-11H2,1-3H3,(H,17,19). The molecule has 110 valence electrons. The number of urea groups is 1. The molecule has 0 unspecified atom stereocenters. The molecule has 2 N–H and O–H groups in total. The van der Waals surface area contributed by atoms with Gasteiger partial charge in [-0.05, 0) is 44.5 Å². The van der Waals surface area contributed by atoms with Crippen molar-refractivity contribution in [1.82, 2.24) is 5.32 Å². The molecule has 1 aliphatic rings. The molecule has 1 aromatic rings. The zero-order chi connectivity index (χ0) is 14.6. The second-order valence-corrected chi connectivity index (χ2v) is 5.57. The molecule has 0 radical (unpaired) electrons. The Kier molecular flexibility index (Phi) is 4.49. The zero-order valence-corrected chi connectivity index (χ0v) is 12.4. The molecule has 0 bridgehead atoms. The zero-order valence-electron chi connectivity index (χ0n) is 12.4. The molecule has 0 spiro atoms. The van der Waals surface area contributed by atoms with Gasteiger partial charge in [-0.3, -0.25) is 4.90 Å². The number of hydrogen-bond acceptors (Lipinski definition) is 3. The highest BCUT2D eigenvalue weighted by Crippen LogP contribution is 2.20. The predicted octanol–water partition coefficient (Wildman–Crippen LogP) is 2.44. The van der Waals surface area contributed by atoms with Crippen LogP contribution in [0.15, 0.2) is 24.3 Å². The van der Waals surface area contributed by atoms with Crippen molar-refractivity contribution in [2.45, 2.75) is 25.9 Å². The largest absolute Gasteiger partial charge is 0.385 e. The number of rotatable bonds is 6. The lowest BCUT2D eigenvalue weighted by Gasteiger charge is -2.23. The number of anilines is 2. The molecule has 1 heterocycles. The van der Waals surface area contributed by atoms with Crippen molar-refractivity contribution in [3.63, 3.8) is 0 Å². The highest BCUT2D eigenvalue weighted by molar-refractivity contribution is 5.94. The first-order valence-corrected chi connectivity index (χ1v) is 6.96. The van der Waals surface area contributed by atoms with Gasteiger partial charge in [0, 0.05) is 38.1 Å². The number of nitrogens with one attached hydrogen (secondary N) is 2. The van der Waals surface area contributed by atoms with Gasteiger partial charge in [-0.25, -0.2) is 4.79 Å². The van der Waals surface area contributed by atoms with Crippen LogP contribution < -0.4 is 15.5 Å². The first kappa shape index (κ1) is 14.7. The summed E-state index contributed by atoms with van der Waals surface area (Å²) in [5.74, 6) is 0. The van der Waals surface area contributed by atoms with E-state index in [-0.39, 0.29) is 11.6 Å². The third-order valence-electron chi connectivity index (χ3n) is 3.64. The first-order valence-electron chi connectivity index (χ1n) is 6.96. The van der Waals surface area contributed by atoms with Crippen LogP contribution in [-0.2, 0) is 4.74 Å². The van der Waals surface area contributed by atoms with Gasteiger partial charge in [0.15, 0.2) is 0 Å². The van der Waals surface area contributed by atoms with Gasteiger partial charge in [-0.1, -0.05) is 0 Å². The third kappa shape index (κ3) is 3.63. The van der Waals surface area contributed by atoms with E-state index in [1.54, 1.807) is 12.0 Å². The van der Waals surface area contributed by atoms with Gasteiger partial charge in [0.05, 0.1) is 5.60 Å². The van der Waals surface area contributed by atoms with Crippen molar-refractivity contribution < 1.29 is 9.53 Å². The van der Waals surface area contributed by atoms with Gasteiger partial charge in [-0.2, -0.15) is 0 Å². The Hall–Kier alpha value is -1.75. The second kappa shape index (κ2) is 6.13. The Bertz CT molecular complexity index is 457. The number of carbonyl (C=O) groups is 1. The van der Waals surface area contributed by atoms with E-state index >= 15 is 0 Å². The summed E-state index contributed by atoms with van der Waals surface area (Å²) >= 11 is 0. The summed E-state index contributed by atoms with van der Waals surface area (Å²) in [6, 6.07) is 7.91. The van der Waals surface area contributed by atoms with Crippen LogP contribution >= 0.6 is 0 Å². The molecule has 1 saturated heterocycles. The van der Waals surface area contributed by atoms with E-state index in [0.29, 0.717) is 6.54 Å². The minimum Gasteiger partial charge on any atom is -0.385 e. The molecule has 0 saturated carbocycles. The molecular formula is C15H23N3O2. The molecule has 0 aromatic heterocycles. The summed E-state index contributed by atoms with van der Waals surface area (Å²) in [6.07, 6.45) is 0.930. The van der Waals surface area contributed by atoms with Crippen molar-refractivity contribution in [2.24, 2.45) is 0 Å². The van der Waals surface area contributed by atoms with Gasteiger partial charge in [0.25, 0.3) is 0 Å². The van der Waals surface area contributed by atoms with Gasteiger partial charge in [0.2, 0.25) is 0 Å². The topological polar surface area (TPSA) is 53.6 Å². The number of hydrogen-bond donors (Lipinski definition) is 2. The van der Waals surface area contributed by atoms with Crippen LogP contribution in [0.3, 0.4) is 0 Å². The Morgan fingerprint density at radius 3 is 2.60 bits per heavy atom. The lowest BCUT2D eigenvalue weighted by atomic mass is 10.1. The van der Waals surface area contributed by atoms with Gasteiger partial charge >= 0.3 is 6.03 Å². The quantitative estimate of drug-likeness (QED) is 0.839. The van der Waals surface area contributed by atoms with Crippen LogP contribution in [0.5, 0.6) is 0 Å². The van der Waals surface area contributed by atoms with E-state index < -0.39 is 0 Å². The normalized spacial score (nSPS) is 15.3. The minimum absolute atomic E-state index is 0.0208. The number of nitrogens with zero attached hydrogens (tertiary/aromatic N) is 1. The van der Waals surface area contributed by atoms with Crippen LogP contribution in [0.2, 0.25) is 0 Å². The summed E-state index contributed by atoms with van der Waals surface area (Å²) in [6.45, 7) is 6.44. The van der Waals surface area contributed by atoms with E-state index in [1.807, 2.05) is 24.3 Å². The molecule has 1 fully saturated rings. The molecule has 0 aliphatic carbocycles. The molecule has 1 aromatic carbocycles. The summed E-state index contributed by atoms with van der Waals surface area (Å²) < 4.78 is 5.38. The smallest absolute Gasteiger partial charge is 0.321 e. The number of amides is 2. The van der Waals surface area contributed by atoms with E-state index in [0.717, 1.165) is 30.9 Å². The molecule has 5 heteroatoms. The Morgan fingerprint density at radius 1 is 1.35 bits per heavy atom. The van der Waals surface area contributed by atoms with E-state index in [2.05, 4.69) is 24.5 Å². The van der Waals surface area contributed by atoms with Crippen molar-refractivity contribution in [3.05, 3.63) is 24.3 Å². The average Bonchev–Trinajstić information content (AvgIpc) is 2.86. The van der Waals surface area contributed by atoms with Crippen molar-refractivity contribution >= 4 is 17.4 Å². The Labute approximate surface area is 120 Å². The fourth-order valence-electron chi connectivity index (χ4n) is 2.09. The van der Waals surface area contributed by atoms with Crippen molar-refractivity contribution in [3.8, 4) is 0 Å². The molecule has 20 heavy (non-hydrogen) atoms. The first-order chi connectivity index (χ1) is 9.52. The number of methoxy groups -OCH3 is 1. The van der Waals surface area contributed by atoms with E-state index in [9.17, 15) is 4.79 Å². The maximum atomic E-state index is 11.6. The lowest BCUT2D eigenvalue weighted by Crippen LogP contribution is -2.27. The number of carbonyl (C=O) groups excluding carboxylic acids is 1. The van der Waals surface area contributed by atoms with Gasteiger partial charge in [-0.15, -0.1) is 0 Å². The maximum absolute atomic E-state index is 11.6. The van der Waals surface area contributed by atoms with Gasteiger partial charge < -0.3 is 15.4 Å². The minimum atomic E-state index is -0.111. The summed E-state index contributed by atoms with van der Waals surface area (Å²) in [4.78, 5) is 13.3. The summed E-state index contributed by atoms with van der Waals surface area (Å²) in [5, 5.41) is 6.16. The lowest BCUT2D eigenvalue weighted by molar-refractivity contribution is 0.0185. The molecular weight excluding hydrogens is 254 g/mol. The fourth-order valence-corrected chi connectivity index (χ4v) is 2.09. The molecule has 0 atom stereocenters. The van der Waals surface area contributed by atoms with Crippen molar-refractivity contribution in [1.29, 1.82) is 0 Å². The van der Waals surface area contributed by atoms with Crippen LogP contribution in [0.25, 0.3) is 0 Å². The van der Waals surface area contributed by atoms with Crippen LogP contribution in [-0.4, -0.2) is 38.4 Å². The highest BCUT2D eigenvalue weighted by atomic mass is 16.5. The summed E-state index contributed by atoms with van der Waals surface area (Å²) in [7, 11) is 1.73. The number of benzene rings is 1. The monoisotopic (exact) mass is 277 g/mol. The Morgan fingerprint density at radius 2 is 2.05 bits per heavy atom. The Balaban J connectivity index is 1.87.